The summed E-state index contributed by atoms with van der Waals surface area (Å²) in [6.45, 7) is 4.16. The molecule has 40 heavy (non-hydrogen) atoms. The summed E-state index contributed by atoms with van der Waals surface area (Å²) in [6.07, 6.45) is 34.4. The Morgan fingerprint density at radius 3 is 1.60 bits per heavy atom. The summed E-state index contributed by atoms with van der Waals surface area (Å²) in [6, 6.07) is -0.754. The van der Waals surface area contributed by atoms with Gasteiger partial charge in [-0.25, -0.2) is 0 Å². The first kappa shape index (κ1) is 38.8. The lowest BCUT2D eigenvalue weighted by atomic mass is 10.0. The number of rotatable bonds is 30. The van der Waals surface area contributed by atoms with Crippen molar-refractivity contribution in [2.75, 3.05) is 6.61 Å². The van der Waals surface area contributed by atoms with Crippen molar-refractivity contribution in [3.63, 3.8) is 0 Å². The van der Waals surface area contributed by atoms with Crippen LogP contribution in [0.15, 0.2) is 24.3 Å². The van der Waals surface area contributed by atoms with Gasteiger partial charge in [0.1, 0.15) is 0 Å². The van der Waals surface area contributed by atoms with E-state index < -0.39 is 18.2 Å². The van der Waals surface area contributed by atoms with Gasteiger partial charge in [-0.3, -0.25) is 4.79 Å². The molecular weight excluding hydrogens is 498 g/mol. The summed E-state index contributed by atoms with van der Waals surface area (Å²) >= 11 is 0. The Kier molecular flexibility index (Phi) is 29.9. The number of hydrogen-bond acceptors (Lipinski definition) is 4. The lowest BCUT2D eigenvalue weighted by molar-refractivity contribution is -0.124. The number of aliphatic hydroxyl groups is 3. The van der Waals surface area contributed by atoms with E-state index in [2.05, 4.69) is 31.3 Å². The van der Waals surface area contributed by atoms with Gasteiger partial charge in [0, 0.05) is 0 Å². The Morgan fingerprint density at radius 1 is 0.625 bits per heavy atom. The summed E-state index contributed by atoms with van der Waals surface area (Å²) in [7, 11) is 0. The maximum atomic E-state index is 12.3. The van der Waals surface area contributed by atoms with Gasteiger partial charge in [0.2, 0.25) is 5.91 Å². The number of carbonyl (C=O) groups excluding carboxylic acids is 1. The number of allylic oxidation sites excluding steroid dienone is 3. The molecule has 236 valence electrons. The minimum atomic E-state index is -0.945. The lowest BCUT2D eigenvalue weighted by Crippen LogP contribution is -2.45. The number of unbranched alkanes of at least 4 members (excludes halogenated alkanes) is 19. The van der Waals surface area contributed by atoms with Crippen molar-refractivity contribution < 1.29 is 20.1 Å². The van der Waals surface area contributed by atoms with Gasteiger partial charge in [-0.05, 0) is 32.1 Å². The van der Waals surface area contributed by atoms with Crippen LogP contribution < -0.4 is 5.32 Å². The normalized spacial score (nSPS) is 14.2. The van der Waals surface area contributed by atoms with E-state index in [1.54, 1.807) is 6.08 Å². The first-order valence-corrected chi connectivity index (χ1v) is 17.1. The molecule has 5 nitrogen and oxygen atoms in total. The minimum Gasteiger partial charge on any atom is -0.394 e. The fraction of sp³-hybridized carbons (Fsp3) is 0.857. The van der Waals surface area contributed by atoms with E-state index >= 15 is 0 Å². The number of nitrogens with one attached hydrogen (secondary N) is 1. The molecule has 0 rings (SSSR count). The largest absolute Gasteiger partial charge is 0.394 e. The van der Waals surface area contributed by atoms with Gasteiger partial charge in [-0.15, -0.1) is 0 Å². The number of amides is 1. The van der Waals surface area contributed by atoms with Crippen LogP contribution >= 0.6 is 0 Å². The topological polar surface area (TPSA) is 89.8 Å². The molecule has 0 aliphatic rings. The minimum absolute atomic E-state index is 0.00852. The van der Waals surface area contributed by atoms with Crippen LogP contribution in [0.2, 0.25) is 0 Å². The number of hydrogen-bond donors (Lipinski definition) is 4. The Bertz CT molecular complexity index is 592. The van der Waals surface area contributed by atoms with Crippen molar-refractivity contribution in [3.05, 3.63) is 24.3 Å². The Balaban J connectivity index is 3.80. The van der Waals surface area contributed by atoms with Crippen molar-refractivity contribution in [1.82, 2.24) is 5.32 Å². The second-order valence-corrected chi connectivity index (χ2v) is 11.8. The Morgan fingerprint density at radius 2 is 1.07 bits per heavy atom. The van der Waals surface area contributed by atoms with Crippen molar-refractivity contribution in [1.29, 1.82) is 0 Å². The Labute approximate surface area is 248 Å². The van der Waals surface area contributed by atoms with Gasteiger partial charge < -0.3 is 20.6 Å². The van der Waals surface area contributed by atoms with Crippen LogP contribution in [0.5, 0.6) is 0 Å². The van der Waals surface area contributed by atoms with Crippen molar-refractivity contribution in [2.24, 2.45) is 0 Å². The molecule has 3 unspecified atom stereocenters. The molecule has 0 radical (unpaired) electrons. The van der Waals surface area contributed by atoms with Crippen LogP contribution in [0.4, 0.5) is 0 Å². The van der Waals surface area contributed by atoms with Gasteiger partial charge in [-0.2, -0.15) is 0 Å². The molecule has 0 bridgehead atoms. The highest BCUT2D eigenvalue weighted by Crippen LogP contribution is 2.14. The molecule has 0 saturated carbocycles. The summed E-state index contributed by atoms with van der Waals surface area (Å²) in [5.41, 5.74) is 0. The average molecular weight is 566 g/mol. The highest BCUT2D eigenvalue weighted by atomic mass is 16.3. The van der Waals surface area contributed by atoms with Crippen LogP contribution in [0.25, 0.3) is 0 Å². The van der Waals surface area contributed by atoms with Crippen LogP contribution in [0.3, 0.4) is 0 Å². The molecule has 5 heteroatoms. The second kappa shape index (κ2) is 30.8. The summed E-state index contributed by atoms with van der Waals surface area (Å²) in [4.78, 5) is 12.3. The first-order valence-electron chi connectivity index (χ1n) is 17.1. The van der Waals surface area contributed by atoms with Gasteiger partial charge in [0.05, 0.1) is 31.3 Å². The van der Waals surface area contributed by atoms with Crippen LogP contribution in [-0.2, 0) is 4.79 Å². The third-order valence-electron chi connectivity index (χ3n) is 7.74. The molecule has 4 N–H and O–H groups in total. The highest BCUT2D eigenvalue weighted by Gasteiger charge is 2.20. The second-order valence-electron chi connectivity index (χ2n) is 11.8. The van der Waals surface area contributed by atoms with E-state index in [9.17, 15) is 20.1 Å². The van der Waals surface area contributed by atoms with Crippen LogP contribution in [-0.4, -0.2) is 46.1 Å². The Hall–Kier alpha value is -1.17. The molecule has 0 aromatic carbocycles. The van der Waals surface area contributed by atoms with Crippen molar-refractivity contribution in [3.8, 4) is 0 Å². The summed E-state index contributed by atoms with van der Waals surface area (Å²) < 4.78 is 0. The van der Waals surface area contributed by atoms with E-state index in [0.717, 1.165) is 32.1 Å². The quantitative estimate of drug-likeness (QED) is 0.0518. The maximum absolute atomic E-state index is 12.3. The number of carbonyl (C=O) groups is 1. The zero-order chi connectivity index (χ0) is 29.5. The highest BCUT2D eigenvalue weighted by molar-refractivity contribution is 5.76. The fourth-order valence-corrected chi connectivity index (χ4v) is 5.06. The third-order valence-corrected chi connectivity index (χ3v) is 7.74. The van der Waals surface area contributed by atoms with E-state index in [4.69, 9.17) is 0 Å². The predicted molar refractivity (Wildman–Crippen MR) is 171 cm³/mol. The number of aliphatic hydroxyl groups excluding tert-OH is 3. The lowest BCUT2D eigenvalue weighted by Gasteiger charge is -2.21. The van der Waals surface area contributed by atoms with Gasteiger partial charge in [-0.1, -0.05) is 154 Å². The molecular formula is C35H67NO4. The summed E-state index contributed by atoms with van der Waals surface area (Å²) in [5.74, 6) is -0.327. The predicted octanol–water partition coefficient (Wildman–Crippen LogP) is 8.70. The molecule has 3 atom stereocenters. The van der Waals surface area contributed by atoms with Crippen molar-refractivity contribution >= 4 is 5.91 Å². The molecule has 0 aliphatic carbocycles. The van der Waals surface area contributed by atoms with E-state index in [1.807, 2.05) is 6.08 Å². The zero-order valence-corrected chi connectivity index (χ0v) is 26.5. The maximum Gasteiger partial charge on any atom is 0.222 e. The van der Waals surface area contributed by atoms with E-state index in [0.29, 0.717) is 6.42 Å². The SMILES string of the molecule is CCCCCCCC/C=C/CC/C=C/C(O)C(CO)NC(=O)CC(O)CCCCCCCCCCCCCCC. The summed E-state index contributed by atoms with van der Waals surface area (Å²) in [5, 5.41) is 32.9. The standard InChI is InChI=1S/C35H67NO4/c1-3-5-7-9-11-13-15-17-18-20-22-24-26-28-32(38)30-35(40)36-33(31-37)34(39)29-27-25-23-21-19-16-14-12-10-8-6-4-2/h19,21,27,29,32-34,37-39H,3-18,20,22-26,28,30-31H2,1-2H3,(H,36,40)/b21-19+,29-27+. The average Bonchev–Trinajstić information content (AvgIpc) is 2.94. The van der Waals surface area contributed by atoms with Gasteiger partial charge in [0.15, 0.2) is 0 Å². The smallest absolute Gasteiger partial charge is 0.222 e. The molecule has 1 amide bonds. The zero-order valence-electron chi connectivity index (χ0n) is 26.5. The monoisotopic (exact) mass is 566 g/mol. The van der Waals surface area contributed by atoms with Gasteiger partial charge in [0.25, 0.3) is 0 Å². The van der Waals surface area contributed by atoms with Gasteiger partial charge >= 0.3 is 0 Å². The fourth-order valence-electron chi connectivity index (χ4n) is 5.06. The third kappa shape index (κ3) is 27.0. The molecule has 0 aliphatic heterocycles. The molecule has 0 aromatic heterocycles. The first-order chi connectivity index (χ1) is 19.5. The molecule has 0 saturated heterocycles. The van der Waals surface area contributed by atoms with Crippen LogP contribution in [0.1, 0.15) is 168 Å². The van der Waals surface area contributed by atoms with Crippen LogP contribution in [0, 0.1) is 0 Å². The molecule has 0 aromatic rings. The molecule has 0 fully saturated rings. The molecule has 0 heterocycles. The molecule has 0 spiro atoms. The van der Waals surface area contributed by atoms with E-state index in [1.165, 1.54) is 109 Å². The van der Waals surface area contributed by atoms with Crippen molar-refractivity contribution in [2.45, 2.75) is 186 Å². The van der Waals surface area contributed by atoms with E-state index in [-0.39, 0.29) is 18.9 Å².